The SMILES string of the molecule is Cc1c(O[P+](=O)[O-])cccc1-c1ccccc1. The summed E-state index contributed by atoms with van der Waals surface area (Å²) in [6.07, 6.45) is 0. The monoisotopic (exact) mass is 246 g/mol. The average molecular weight is 246 g/mol. The van der Waals surface area contributed by atoms with Crippen molar-refractivity contribution >= 4 is 8.25 Å². The number of hydrogen-bond donors (Lipinski definition) is 0. The summed E-state index contributed by atoms with van der Waals surface area (Å²) in [6.45, 7) is 1.84. The predicted molar refractivity (Wildman–Crippen MR) is 64.8 cm³/mol. The first-order valence-electron chi connectivity index (χ1n) is 5.16. The molecule has 2 rings (SSSR count). The van der Waals surface area contributed by atoms with Gasteiger partial charge in [-0.15, -0.1) is 0 Å². The number of benzene rings is 2. The fourth-order valence-electron chi connectivity index (χ4n) is 1.72. The highest BCUT2D eigenvalue weighted by atomic mass is 31.1. The molecule has 0 N–H and O–H groups in total. The highest BCUT2D eigenvalue weighted by Gasteiger charge is 2.12. The maximum absolute atomic E-state index is 10.6. The lowest BCUT2D eigenvalue weighted by molar-refractivity contribution is -0.178. The molecule has 3 nitrogen and oxygen atoms in total. The Labute approximate surface area is 101 Å². The zero-order valence-corrected chi connectivity index (χ0v) is 10.2. The van der Waals surface area contributed by atoms with E-state index >= 15 is 0 Å². The molecule has 0 saturated heterocycles. The van der Waals surface area contributed by atoms with Crippen LogP contribution in [0.15, 0.2) is 48.5 Å². The van der Waals surface area contributed by atoms with Gasteiger partial charge in [0.05, 0.1) is 0 Å². The molecule has 0 fully saturated rings. The van der Waals surface area contributed by atoms with E-state index in [1.807, 2.05) is 43.3 Å². The van der Waals surface area contributed by atoms with E-state index in [1.54, 1.807) is 12.1 Å². The first-order valence-corrected chi connectivity index (χ1v) is 6.25. The van der Waals surface area contributed by atoms with Crippen LogP contribution in [0.5, 0.6) is 5.75 Å². The Morgan fingerprint density at radius 2 is 1.76 bits per heavy atom. The van der Waals surface area contributed by atoms with Gasteiger partial charge >= 0.3 is 8.25 Å². The zero-order valence-electron chi connectivity index (χ0n) is 9.29. The smallest absolute Gasteiger partial charge is 0.539 e. The van der Waals surface area contributed by atoms with E-state index in [0.717, 1.165) is 16.7 Å². The summed E-state index contributed by atoms with van der Waals surface area (Å²) in [5.41, 5.74) is 2.83. The number of hydrogen-bond acceptors (Lipinski definition) is 3. The van der Waals surface area contributed by atoms with Gasteiger partial charge in [-0.1, -0.05) is 42.5 Å². The topological polar surface area (TPSA) is 49.4 Å². The fourth-order valence-corrected chi connectivity index (χ4v) is 2.08. The van der Waals surface area contributed by atoms with Crippen molar-refractivity contribution in [1.29, 1.82) is 0 Å². The van der Waals surface area contributed by atoms with Gasteiger partial charge in [0.1, 0.15) is 0 Å². The Hall–Kier alpha value is -1.70. The summed E-state index contributed by atoms with van der Waals surface area (Å²) in [5, 5.41) is 0. The molecule has 2 aromatic rings. The molecular weight excluding hydrogens is 235 g/mol. The Bertz CT molecular complexity index is 538. The minimum Gasteiger partial charge on any atom is -0.558 e. The Morgan fingerprint density at radius 3 is 2.41 bits per heavy atom. The third-order valence-electron chi connectivity index (χ3n) is 2.54. The lowest BCUT2D eigenvalue weighted by Crippen LogP contribution is -1.95. The first-order chi connectivity index (χ1) is 8.18. The van der Waals surface area contributed by atoms with Crippen molar-refractivity contribution in [1.82, 2.24) is 0 Å². The molecule has 0 saturated carbocycles. The van der Waals surface area contributed by atoms with Gasteiger partial charge in [0.15, 0.2) is 5.75 Å². The van der Waals surface area contributed by atoms with Crippen LogP contribution < -0.4 is 9.42 Å². The second-order valence-corrected chi connectivity index (χ2v) is 4.24. The first kappa shape index (κ1) is 11.8. The van der Waals surface area contributed by atoms with Crippen molar-refractivity contribution in [3.8, 4) is 16.9 Å². The lowest BCUT2D eigenvalue weighted by atomic mass is 10.0. The highest BCUT2D eigenvalue weighted by molar-refractivity contribution is 7.31. The second-order valence-electron chi connectivity index (χ2n) is 3.61. The Morgan fingerprint density at radius 1 is 1.06 bits per heavy atom. The van der Waals surface area contributed by atoms with Crippen LogP contribution in [0.1, 0.15) is 5.56 Å². The van der Waals surface area contributed by atoms with Crippen molar-refractivity contribution in [3.63, 3.8) is 0 Å². The molecule has 0 aliphatic heterocycles. The van der Waals surface area contributed by atoms with Gasteiger partial charge in [-0.2, -0.15) is 0 Å². The molecule has 0 bridgehead atoms. The third-order valence-corrected chi connectivity index (χ3v) is 2.89. The molecule has 0 heterocycles. The zero-order chi connectivity index (χ0) is 12.3. The van der Waals surface area contributed by atoms with E-state index in [9.17, 15) is 9.46 Å². The van der Waals surface area contributed by atoms with Gasteiger partial charge in [-0.25, -0.2) is 0 Å². The maximum Gasteiger partial charge on any atom is 0.539 e. The molecule has 1 unspecified atom stereocenters. The van der Waals surface area contributed by atoms with Gasteiger partial charge < -0.3 is 4.89 Å². The summed E-state index contributed by atoms with van der Waals surface area (Å²) < 4.78 is 15.3. The van der Waals surface area contributed by atoms with E-state index < -0.39 is 8.25 Å². The molecule has 1 atom stereocenters. The summed E-state index contributed by atoms with van der Waals surface area (Å²) in [4.78, 5) is 10.6. The van der Waals surface area contributed by atoms with Crippen molar-refractivity contribution in [2.45, 2.75) is 6.92 Å². The molecule has 0 aliphatic rings. The predicted octanol–water partition coefficient (Wildman–Crippen LogP) is 3.06. The molecule has 0 amide bonds. The molecule has 17 heavy (non-hydrogen) atoms. The van der Waals surface area contributed by atoms with Crippen LogP contribution in [-0.2, 0) is 4.57 Å². The van der Waals surface area contributed by atoms with Crippen LogP contribution in [0.4, 0.5) is 0 Å². The molecule has 2 aromatic carbocycles. The van der Waals surface area contributed by atoms with Gasteiger partial charge in [0, 0.05) is 5.56 Å². The molecular formula is C13H11O3P. The van der Waals surface area contributed by atoms with E-state index in [0.29, 0.717) is 5.75 Å². The standard InChI is InChI=1S/C13H11O3P/c1-10-12(11-6-3-2-4-7-11)8-5-9-13(10)16-17(14)15/h2-9H,1H3. The van der Waals surface area contributed by atoms with Crippen molar-refractivity contribution in [3.05, 3.63) is 54.1 Å². The molecule has 0 aromatic heterocycles. The summed E-state index contributed by atoms with van der Waals surface area (Å²) in [7, 11) is -2.87. The van der Waals surface area contributed by atoms with Gasteiger partial charge in [-0.05, 0) is 28.7 Å². The normalized spacial score (nSPS) is 11.1. The average Bonchev–Trinajstić information content (AvgIpc) is 2.32. The summed E-state index contributed by atoms with van der Waals surface area (Å²) in [5.74, 6) is 0.377. The summed E-state index contributed by atoms with van der Waals surface area (Å²) in [6, 6.07) is 15.1. The van der Waals surface area contributed by atoms with Crippen LogP contribution in [0, 0.1) is 6.92 Å². The van der Waals surface area contributed by atoms with Crippen LogP contribution in [0.3, 0.4) is 0 Å². The van der Waals surface area contributed by atoms with Crippen molar-refractivity contribution in [2.24, 2.45) is 0 Å². The van der Waals surface area contributed by atoms with Gasteiger partial charge in [0.2, 0.25) is 0 Å². The quantitative estimate of drug-likeness (QED) is 0.782. The van der Waals surface area contributed by atoms with Gasteiger partial charge in [0.25, 0.3) is 0 Å². The van der Waals surface area contributed by atoms with Crippen molar-refractivity contribution in [2.75, 3.05) is 0 Å². The largest absolute Gasteiger partial charge is 0.558 e. The van der Waals surface area contributed by atoms with E-state index in [-0.39, 0.29) is 0 Å². The molecule has 0 radical (unpaired) electrons. The highest BCUT2D eigenvalue weighted by Crippen LogP contribution is 2.32. The van der Waals surface area contributed by atoms with Crippen LogP contribution in [-0.4, -0.2) is 0 Å². The Balaban J connectivity index is 2.46. The van der Waals surface area contributed by atoms with E-state index in [4.69, 9.17) is 4.52 Å². The van der Waals surface area contributed by atoms with Crippen molar-refractivity contribution < 1.29 is 14.0 Å². The molecule has 0 spiro atoms. The van der Waals surface area contributed by atoms with Crippen LogP contribution in [0.2, 0.25) is 0 Å². The van der Waals surface area contributed by atoms with E-state index in [2.05, 4.69) is 0 Å². The minimum atomic E-state index is -2.87. The van der Waals surface area contributed by atoms with Gasteiger partial charge in [-0.3, -0.25) is 4.52 Å². The van der Waals surface area contributed by atoms with Crippen LogP contribution in [0.25, 0.3) is 11.1 Å². The maximum atomic E-state index is 10.6. The molecule has 86 valence electrons. The second kappa shape index (κ2) is 5.09. The van der Waals surface area contributed by atoms with E-state index in [1.165, 1.54) is 0 Å². The summed E-state index contributed by atoms with van der Waals surface area (Å²) >= 11 is 0. The third kappa shape index (κ3) is 2.70. The Kier molecular flexibility index (Phi) is 3.52. The van der Waals surface area contributed by atoms with Crippen LogP contribution >= 0.6 is 8.25 Å². The molecule has 4 heteroatoms. The molecule has 0 aliphatic carbocycles. The lowest BCUT2D eigenvalue weighted by Gasteiger charge is -2.07. The fraction of sp³-hybridized carbons (Fsp3) is 0.0769. The minimum absolute atomic E-state index is 0.377. The number of rotatable bonds is 3.